The second kappa shape index (κ2) is 10.9. The number of likely N-dealkylation sites (N-methyl/N-ethyl adjacent to an activating group) is 1. The summed E-state index contributed by atoms with van der Waals surface area (Å²) in [5.74, 6) is 1.44. The molecule has 0 radical (unpaired) electrons. The Balaban J connectivity index is 1.27. The van der Waals surface area contributed by atoms with Crippen LogP contribution < -0.4 is 15.3 Å². The molecule has 2 aromatic carbocycles. The third-order valence-electron chi connectivity index (χ3n) is 7.70. The highest BCUT2D eigenvalue weighted by molar-refractivity contribution is 5.75. The van der Waals surface area contributed by atoms with Crippen LogP contribution in [0.1, 0.15) is 49.3 Å². The highest BCUT2D eigenvalue weighted by atomic mass is 16.7. The van der Waals surface area contributed by atoms with Gasteiger partial charge in [0, 0.05) is 55.7 Å². The first-order chi connectivity index (χ1) is 18.2. The Kier molecular flexibility index (Phi) is 7.06. The van der Waals surface area contributed by atoms with E-state index in [9.17, 15) is 0 Å². The Labute approximate surface area is 219 Å². The zero-order valence-corrected chi connectivity index (χ0v) is 21.6. The lowest BCUT2D eigenvalue weighted by molar-refractivity contribution is 0.156. The Morgan fingerprint density at radius 1 is 0.946 bits per heavy atom. The van der Waals surface area contributed by atoms with Gasteiger partial charge in [-0.15, -0.1) is 0 Å². The van der Waals surface area contributed by atoms with Crippen molar-refractivity contribution in [2.24, 2.45) is 0 Å². The number of nitrogens with one attached hydrogen (secondary N) is 1. The summed E-state index contributed by atoms with van der Waals surface area (Å²) >= 11 is 0. The van der Waals surface area contributed by atoms with Crippen molar-refractivity contribution in [2.45, 2.75) is 38.1 Å². The quantitative estimate of drug-likeness (QED) is 0.462. The van der Waals surface area contributed by atoms with Crippen LogP contribution >= 0.6 is 0 Å². The van der Waals surface area contributed by atoms with E-state index in [-0.39, 0.29) is 6.04 Å². The Morgan fingerprint density at radius 3 is 2.51 bits per heavy atom. The first-order valence-electron chi connectivity index (χ1n) is 13.6. The summed E-state index contributed by atoms with van der Waals surface area (Å²) in [5, 5.41) is 5.46. The number of hydroxylamine groups is 1. The second-order valence-electron chi connectivity index (χ2n) is 10.2. The van der Waals surface area contributed by atoms with Gasteiger partial charge in [-0.25, -0.2) is 10.0 Å². The summed E-state index contributed by atoms with van der Waals surface area (Å²) in [6.07, 6.45) is 9.87. The van der Waals surface area contributed by atoms with Gasteiger partial charge in [0.05, 0.1) is 12.6 Å². The molecule has 6 rings (SSSR count). The van der Waals surface area contributed by atoms with E-state index in [2.05, 4.69) is 82.8 Å². The van der Waals surface area contributed by atoms with E-state index in [4.69, 9.17) is 14.8 Å². The van der Waals surface area contributed by atoms with Crippen LogP contribution in [0.2, 0.25) is 0 Å². The molecule has 0 saturated carbocycles. The van der Waals surface area contributed by atoms with Gasteiger partial charge in [-0.1, -0.05) is 36.4 Å². The minimum absolute atomic E-state index is 0.134. The van der Waals surface area contributed by atoms with E-state index in [0.29, 0.717) is 12.6 Å². The maximum Gasteiger partial charge on any atom is 0.229 e. The van der Waals surface area contributed by atoms with Crippen LogP contribution in [0.25, 0.3) is 5.57 Å². The Hall–Kier alpha value is -3.42. The van der Waals surface area contributed by atoms with Gasteiger partial charge < -0.3 is 15.1 Å². The van der Waals surface area contributed by atoms with Gasteiger partial charge in [-0.05, 0) is 68.1 Å². The van der Waals surface area contributed by atoms with E-state index in [1.807, 2.05) is 11.3 Å². The molecule has 3 heterocycles. The molecule has 1 aliphatic carbocycles. The third kappa shape index (κ3) is 5.33. The summed E-state index contributed by atoms with van der Waals surface area (Å²) in [6, 6.07) is 19.3. The van der Waals surface area contributed by atoms with E-state index in [1.165, 1.54) is 29.7 Å². The summed E-state index contributed by atoms with van der Waals surface area (Å²) < 4.78 is 0. The largest absolute Gasteiger partial charge is 0.369 e. The molecule has 0 bridgehead atoms. The summed E-state index contributed by atoms with van der Waals surface area (Å²) in [7, 11) is 2.18. The molecule has 0 amide bonds. The fourth-order valence-corrected chi connectivity index (χ4v) is 5.52. The van der Waals surface area contributed by atoms with Crippen LogP contribution in [0.4, 0.5) is 23.1 Å². The molecular weight excluding hydrogens is 460 g/mol. The third-order valence-corrected chi connectivity index (χ3v) is 7.70. The van der Waals surface area contributed by atoms with Crippen LogP contribution in [0.3, 0.4) is 0 Å². The molecule has 2 fully saturated rings. The van der Waals surface area contributed by atoms with Gasteiger partial charge in [-0.3, -0.25) is 4.84 Å². The minimum Gasteiger partial charge on any atom is -0.369 e. The smallest absolute Gasteiger partial charge is 0.229 e. The van der Waals surface area contributed by atoms with Crippen LogP contribution in [-0.2, 0) is 4.84 Å². The number of rotatable bonds is 6. The molecule has 192 valence electrons. The van der Waals surface area contributed by atoms with Crippen molar-refractivity contribution in [3.05, 3.63) is 78.0 Å². The lowest BCUT2D eigenvalue weighted by atomic mass is 9.94. The molecule has 1 atom stereocenters. The summed E-state index contributed by atoms with van der Waals surface area (Å²) in [4.78, 5) is 20.8. The highest BCUT2D eigenvalue weighted by Crippen LogP contribution is 2.40. The molecule has 7 nitrogen and oxygen atoms in total. The van der Waals surface area contributed by atoms with Crippen molar-refractivity contribution in [3.63, 3.8) is 0 Å². The topological polar surface area (TPSA) is 56.8 Å². The van der Waals surface area contributed by atoms with Gasteiger partial charge in [0.1, 0.15) is 0 Å². The molecule has 2 aliphatic heterocycles. The van der Waals surface area contributed by atoms with Gasteiger partial charge in [0.25, 0.3) is 0 Å². The van der Waals surface area contributed by atoms with Crippen LogP contribution in [0.15, 0.2) is 66.9 Å². The molecule has 1 N–H and O–H groups in total. The normalized spacial score (nSPS) is 20.7. The maximum absolute atomic E-state index is 6.21. The van der Waals surface area contributed by atoms with Crippen molar-refractivity contribution >= 4 is 28.7 Å². The summed E-state index contributed by atoms with van der Waals surface area (Å²) in [5.41, 5.74) is 5.90. The number of hydrogen-bond donors (Lipinski definition) is 1. The molecule has 0 unspecified atom stereocenters. The SMILES string of the molecule is CN1CCN(c2ccc(Nc3ncc(C4=CCCCC4)c(N4OCC[C@H]4c4ccccc4)n3)cc2)CC1. The first-order valence-corrected chi connectivity index (χ1v) is 13.6. The van der Waals surface area contributed by atoms with Gasteiger partial charge in [-0.2, -0.15) is 4.98 Å². The van der Waals surface area contributed by atoms with E-state index < -0.39 is 0 Å². The number of allylic oxidation sites excluding steroid dienone is 2. The number of nitrogens with zero attached hydrogens (tertiary/aromatic N) is 5. The molecule has 1 aromatic heterocycles. The van der Waals surface area contributed by atoms with Crippen molar-refractivity contribution < 1.29 is 4.84 Å². The molecule has 3 aromatic rings. The maximum atomic E-state index is 6.21. The summed E-state index contributed by atoms with van der Waals surface area (Å²) in [6.45, 7) is 5.00. The average Bonchev–Trinajstić information content (AvgIpc) is 3.45. The lowest BCUT2D eigenvalue weighted by Gasteiger charge is -2.34. The predicted molar refractivity (Wildman–Crippen MR) is 150 cm³/mol. The molecule has 0 spiro atoms. The van der Waals surface area contributed by atoms with Crippen LogP contribution in [-0.4, -0.2) is 54.7 Å². The standard InChI is InChI=1S/C30H36N6O/c1-34-17-19-35(20-18-34)26-14-12-25(13-15-26)32-30-31-22-27(23-8-4-2-5-9-23)29(33-30)36-28(16-21-37-36)24-10-6-3-7-11-24/h3,6-8,10-15,22,28H,2,4-5,9,16-21H2,1H3,(H,31,32,33)/t28-/m0/s1. The molecule has 3 aliphatic rings. The van der Waals surface area contributed by atoms with E-state index in [0.717, 1.165) is 62.5 Å². The average molecular weight is 497 g/mol. The first kappa shape index (κ1) is 23.9. The van der Waals surface area contributed by atoms with E-state index >= 15 is 0 Å². The fraction of sp³-hybridized carbons (Fsp3) is 0.400. The second-order valence-corrected chi connectivity index (χ2v) is 10.2. The molecule has 37 heavy (non-hydrogen) atoms. The number of hydrogen-bond acceptors (Lipinski definition) is 7. The number of anilines is 4. The Bertz CT molecular complexity index is 1220. The van der Waals surface area contributed by atoms with Gasteiger partial charge in [0.2, 0.25) is 5.95 Å². The van der Waals surface area contributed by atoms with Crippen molar-refractivity contribution in [1.82, 2.24) is 14.9 Å². The zero-order valence-electron chi connectivity index (χ0n) is 21.6. The Morgan fingerprint density at radius 2 is 1.76 bits per heavy atom. The molecule has 7 heteroatoms. The number of aromatic nitrogens is 2. The fourth-order valence-electron chi connectivity index (χ4n) is 5.52. The minimum atomic E-state index is 0.134. The molecular formula is C30H36N6O. The highest BCUT2D eigenvalue weighted by Gasteiger charge is 2.32. The van der Waals surface area contributed by atoms with Crippen molar-refractivity contribution in [3.8, 4) is 0 Å². The number of piperazine rings is 1. The monoisotopic (exact) mass is 496 g/mol. The van der Waals surface area contributed by atoms with E-state index in [1.54, 1.807) is 0 Å². The molecule has 2 saturated heterocycles. The predicted octanol–water partition coefficient (Wildman–Crippen LogP) is 5.81. The number of benzene rings is 2. The lowest BCUT2D eigenvalue weighted by Crippen LogP contribution is -2.44. The van der Waals surface area contributed by atoms with Crippen LogP contribution in [0.5, 0.6) is 0 Å². The van der Waals surface area contributed by atoms with Gasteiger partial charge >= 0.3 is 0 Å². The van der Waals surface area contributed by atoms with Gasteiger partial charge in [0.15, 0.2) is 5.82 Å². The zero-order chi connectivity index (χ0) is 25.0. The van der Waals surface area contributed by atoms with Crippen LogP contribution in [0, 0.1) is 0 Å². The van der Waals surface area contributed by atoms with Crippen molar-refractivity contribution in [2.75, 3.05) is 55.1 Å². The van der Waals surface area contributed by atoms with Crippen molar-refractivity contribution in [1.29, 1.82) is 0 Å².